The highest BCUT2D eigenvalue weighted by atomic mass is 35.5. The average Bonchev–Trinajstić information content (AvgIpc) is 2.69. The van der Waals surface area contributed by atoms with Crippen molar-refractivity contribution in [3.05, 3.63) is 57.7 Å². The van der Waals surface area contributed by atoms with Crippen LogP contribution < -0.4 is 16.2 Å². The van der Waals surface area contributed by atoms with Gasteiger partial charge in [-0.15, -0.1) is 0 Å². The van der Waals surface area contributed by atoms with Gasteiger partial charge in [0.15, 0.2) is 11.5 Å². The maximum Gasteiger partial charge on any atom is 0.295 e. The number of likely N-dealkylation sites (N-methyl/N-ethyl adjacent to an activating group) is 1. The highest BCUT2D eigenvalue weighted by molar-refractivity contribution is 6.29. The number of hydrogen-bond donors (Lipinski definition) is 2. The van der Waals surface area contributed by atoms with Gasteiger partial charge in [0.25, 0.3) is 5.56 Å². The molecule has 0 aliphatic carbocycles. The molecule has 146 valence electrons. The number of fused-ring (bicyclic) bond motifs is 1. The zero-order valence-electron chi connectivity index (χ0n) is 15.8. The lowest BCUT2D eigenvalue weighted by molar-refractivity contribution is -0.118. The second-order valence-corrected chi connectivity index (χ2v) is 6.97. The van der Waals surface area contributed by atoms with E-state index in [1.807, 2.05) is 32.0 Å². The third kappa shape index (κ3) is 3.96. The summed E-state index contributed by atoms with van der Waals surface area (Å²) < 4.78 is 1.55. The summed E-state index contributed by atoms with van der Waals surface area (Å²) in [6.45, 7) is 3.93. The first kappa shape index (κ1) is 19.8. The molecule has 0 aromatic carbocycles. The van der Waals surface area contributed by atoms with Gasteiger partial charge in [-0.05, 0) is 30.2 Å². The molecule has 0 unspecified atom stereocenters. The molecule has 0 radical (unpaired) electrons. The van der Waals surface area contributed by atoms with E-state index in [9.17, 15) is 9.59 Å². The van der Waals surface area contributed by atoms with E-state index < -0.39 is 5.56 Å². The Morgan fingerprint density at radius 2 is 2.00 bits per heavy atom. The van der Waals surface area contributed by atoms with Crippen molar-refractivity contribution in [2.24, 2.45) is 5.92 Å². The Kier molecular flexibility index (Phi) is 5.89. The van der Waals surface area contributed by atoms with Gasteiger partial charge in [-0.3, -0.25) is 19.1 Å². The Balaban J connectivity index is 2.25. The summed E-state index contributed by atoms with van der Waals surface area (Å²) in [5.74, 6) is -0.153. The van der Waals surface area contributed by atoms with Crippen LogP contribution in [0.1, 0.15) is 25.6 Å². The minimum atomic E-state index is -0.393. The van der Waals surface area contributed by atoms with Crippen LogP contribution in [-0.4, -0.2) is 39.0 Å². The third-order valence-electron chi connectivity index (χ3n) is 4.30. The van der Waals surface area contributed by atoms with Gasteiger partial charge in [0.05, 0.1) is 18.3 Å². The smallest absolute Gasteiger partial charge is 0.295 e. The highest BCUT2D eigenvalue weighted by Gasteiger charge is 2.25. The van der Waals surface area contributed by atoms with Crippen LogP contribution in [0.4, 0.5) is 5.82 Å². The predicted molar refractivity (Wildman–Crippen MR) is 109 cm³/mol. The largest absolute Gasteiger partial charge is 0.358 e. The van der Waals surface area contributed by atoms with Crippen LogP contribution in [0.25, 0.3) is 11.2 Å². The molecule has 0 spiro atoms. The molecule has 0 aliphatic heterocycles. The molecule has 3 aromatic rings. The minimum absolute atomic E-state index is 0.0331. The fourth-order valence-electron chi connectivity index (χ4n) is 3.01. The SMILES string of the molecule is CNC(=O)CNc1nc2ccc(Cl)nc2n([C@H](c2ccccn2)C(C)C)c1=O. The molecule has 3 rings (SSSR count). The molecule has 0 saturated heterocycles. The molecule has 1 amide bonds. The second-order valence-electron chi connectivity index (χ2n) is 6.58. The van der Waals surface area contributed by atoms with Crippen molar-refractivity contribution < 1.29 is 4.79 Å². The van der Waals surface area contributed by atoms with Gasteiger partial charge in [0, 0.05) is 13.2 Å². The molecular weight excluding hydrogens is 380 g/mol. The van der Waals surface area contributed by atoms with Crippen molar-refractivity contribution in [3.63, 3.8) is 0 Å². The van der Waals surface area contributed by atoms with E-state index >= 15 is 0 Å². The molecular formula is C19H21ClN6O2. The van der Waals surface area contributed by atoms with Crippen LogP contribution in [0, 0.1) is 5.92 Å². The Labute approximate surface area is 167 Å². The molecule has 0 bridgehead atoms. The molecule has 1 atom stereocenters. The molecule has 8 nitrogen and oxygen atoms in total. The number of hydrogen-bond acceptors (Lipinski definition) is 6. The van der Waals surface area contributed by atoms with E-state index in [-0.39, 0.29) is 35.4 Å². The molecule has 0 aliphatic rings. The summed E-state index contributed by atoms with van der Waals surface area (Å²) in [6.07, 6.45) is 1.68. The van der Waals surface area contributed by atoms with Crippen LogP contribution in [0.5, 0.6) is 0 Å². The first-order valence-corrected chi connectivity index (χ1v) is 9.24. The topological polar surface area (TPSA) is 102 Å². The zero-order chi connectivity index (χ0) is 20.3. The van der Waals surface area contributed by atoms with Crippen molar-refractivity contribution in [1.82, 2.24) is 24.8 Å². The predicted octanol–water partition coefficient (Wildman–Crippen LogP) is 2.24. The number of pyridine rings is 2. The van der Waals surface area contributed by atoms with Crippen LogP contribution in [-0.2, 0) is 4.79 Å². The lowest BCUT2D eigenvalue weighted by Gasteiger charge is -2.25. The highest BCUT2D eigenvalue weighted by Crippen LogP contribution is 2.27. The first-order chi connectivity index (χ1) is 13.4. The van der Waals surface area contributed by atoms with E-state index in [1.165, 1.54) is 7.05 Å². The summed E-state index contributed by atoms with van der Waals surface area (Å²) >= 11 is 6.10. The number of amides is 1. The third-order valence-corrected chi connectivity index (χ3v) is 4.51. The van der Waals surface area contributed by atoms with Crippen LogP contribution in [0.3, 0.4) is 0 Å². The van der Waals surface area contributed by atoms with E-state index in [0.29, 0.717) is 11.2 Å². The molecule has 28 heavy (non-hydrogen) atoms. The van der Waals surface area contributed by atoms with E-state index in [0.717, 1.165) is 5.69 Å². The van der Waals surface area contributed by atoms with Crippen molar-refractivity contribution >= 4 is 34.5 Å². The number of halogens is 1. The summed E-state index contributed by atoms with van der Waals surface area (Å²) in [5.41, 5.74) is 1.19. The number of aromatic nitrogens is 4. The summed E-state index contributed by atoms with van der Waals surface area (Å²) in [5, 5.41) is 5.58. The summed E-state index contributed by atoms with van der Waals surface area (Å²) in [4.78, 5) is 38.1. The Hall–Kier alpha value is -3.00. The first-order valence-electron chi connectivity index (χ1n) is 8.86. The number of nitrogens with one attached hydrogen (secondary N) is 2. The van der Waals surface area contributed by atoms with Crippen molar-refractivity contribution in [3.8, 4) is 0 Å². The molecule has 0 fully saturated rings. The molecule has 9 heteroatoms. The van der Waals surface area contributed by atoms with E-state index in [2.05, 4.69) is 25.6 Å². The normalized spacial score (nSPS) is 12.2. The molecule has 3 aromatic heterocycles. The second kappa shape index (κ2) is 8.35. The molecule has 2 N–H and O–H groups in total. The number of nitrogens with zero attached hydrogens (tertiary/aromatic N) is 4. The fourth-order valence-corrected chi connectivity index (χ4v) is 3.15. The Morgan fingerprint density at radius 3 is 2.64 bits per heavy atom. The molecule has 3 heterocycles. The fraction of sp³-hybridized carbons (Fsp3) is 0.316. The minimum Gasteiger partial charge on any atom is -0.358 e. The van der Waals surface area contributed by atoms with E-state index in [1.54, 1.807) is 22.9 Å². The zero-order valence-corrected chi connectivity index (χ0v) is 16.6. The number of rotatable bonds is 6. The van der Waals surface area contributed by atoms with Gasteiger partial charge in [0.2, 0.25) is 5.91 Å². The number of anilines is 1. The van der Waals surface area contributed by atoms with Gasteiger partial charge in [-0.25, -0.2) is 9.97 Å². The Bertz CT molecular complexity index is 1050. The van der Waals surface area contributed by atoms with E-state index in [4.69, 9.17) is 11.6 Å². The van der Waals surface area contributed by atoms with Crippen LogP contribution in [0.15, 0.2) is 41.3 Å². The van der Waals surface area contributed by atoms with Crippen LogP contribution in [0.2, 0.25) is 5.15 Å². The lowest BCUT2D eigenvalue weighted by atomic mass is 9.99. The Morgan fingerprint density at radius 1 is 1.21 bits per heavy atom. The van der Waals surface area contributed by atoms with Gasteiger partial charge in [-0.2, -0.15) is 0 Å². The molecule has 0 saturated carbocycles. The summed E-state index contributed by atoms with van der Waals surface area (Å²) in [6, 6.07) is 8.48. The summed E-state index contributed by atoms with van der Waals surface area (Å²) in [7, 11) is 1.53. The number of carbonyl (C=O) groups excluding carboxylic acids is 1. The number of carbonyl (C=O) groups is 1. The van der Waals surface area contributed by atoms with Crippen LogP contribution >= 0.6 is 11.6 Å². The standard InChI is InChI=1S/C19H21ClN6O2/c1-11(2)16(12-6-4-5-9-22-12)26-18-13(7-8-14(20)25-18)24-17(19(26)28)23-10-15(27)21-3/h4-9,11,16H,10H2,1-3H3,(H,21,27)(H,23,24)/t16-/m0/s1. The quantitative estimate of drug-likeness (QED) is 0.615. The van der Waals surface area contributed by atoms with Gasteiger partial charge in [-0.1, -0.05) is 31.5 Å². The van der Waals surface area contributed by atoms with Gasteiger partial charge in [0.1, 0.15) is 10.7 Å². The maximum atomic E-state index is 13.3. The van der Waals surface area contributed by atoms with Crippen molar-refractivity contribution in [2.45, 2.75) is 19.9 Å². The lowest BCUT2D eigenvalue weighted by Crippen LogP contribution is -2.34. The van der Waals surface area contributed by atoms with Crippen molar-refractivity contribution in [1.29, 1.82) is 0 Å². The maximum absolute atomic E-state index is 13.3. The monoisotopic (exact) mass is 400 g/mol. The van der Waals surface area contributed by atoms with Gasteiger partial charge >= 0.3 is 0 Å². The van der Waals surface area contributed by atoms with Crippen molar-refractivity contribution in [2.75, 3.05) is 18.9 Å². The van der Waals surface area contributed by atoms with Gasteiger partial charge < -0.3 is 10.6 Å². The average molecular weight is 401 g/mol.